The minimum atomic E-state index is -0.407. The van der Waals surface area contributed by atoms with Gasteiger partial charge in [0.15, 0.2) is 0 Å². The SMILES string of the molecule is CC(Cc1c[nH]c2ccccc12)NC(=O)C(N)=NC(N)=[N+]1C[C@@H](C)N(C)[C@@H](C)C1. The summed E-state index contributed by atoms with van der Waals surface area (Å²) in [5, 5.41) is 4.07. The van der Waals surface area contributed by atoms with Crippen LogP contribution in [0.2, 0.25) is 0 Å². The number of para-hydroxylation sites is 1. The number of H-pyrrole nitrogens is 1. The van der Waals surface area contributed by atoms with Crippen LogP contribution in [-0.2, 0) is 11.2 Å². The second kappa shape index (κ2) is 8.65. The lowest BCUT2D eigenvalue weighted by Crippen LogP contribution is -2.54. The Balaban J connectivity index is 1.64. The van der Waals surface area contributed by atoms with Gasteiger partial charge in [0.1, 0.15) is 0 Å². The van der Waals surface area contributed by atoms with Gasteiger partial charge in [-0.2, -0.15) is 0 Å². The van der Waals surface area contributed by atoms with Crippen LogP contribution < -0.4 is 16.8 Å². The molecular weight excluding hydrogens is 366 g/mol. The van der Waals surface area contributed by atoms with Gasteiger partial charge >= 0.3 is 11.9 Å². The normalized spacial score (nSPS) is 23.8. The molecule has 1 saturated heterocycles. The molecule has 0 aliphatic carbocycles. The van der Waals surface area contributed by atoms with Crippen LogP contribution in [0.25, 0.3) is 10.9 Å². The van der Waals surface area contributed by atoms with Gasteiger partial charge in [0, 0.05) is 35.2 Å². The fourth-order valence-corrected chi connectivity index (χ4v) is 3.82. The first-order valence-corrected chi connectivity index (χ1v) is 10.1. The first-order chi connectivity index (χ1) is 13.8. The van der Waals surface area contributed by atoms with Crippen molar-refractivity contribution in [2.45, 2.75) is 45.3 Å². The van der Waals surface area contributed by atoms with Crippen LogP contribution in [0.3, 0.4) is 0 Å². The predicted octanol–water partition coefficient (Wildman–Crippen LogP) is 0.622. The van der Waals surface area contributed by atoms with Crippen LogP contribution in [0.1, 0.15) is 26.3 Å². The lowest BCUT2D eigenvalue weighted by Gasteiger charge is -2.36. The van der Waals surface area contributed by atoms with Gasteiger partial charge in [0.25, 0.3) is 5.84 Å². The summed E-state index contributed by atoms with van der Waals surface area (Å²) in [6, 6.07) is 8.70. The molecule has 1 aliphatic heterocycles. The Labute approximate surface area is 171 Å². The number of amidine groups is 1. The van der Waals surface area contributed by atoms with Gasteiger partial charge in [-0.3, -0.25) is 20.0 Å². The number of carbonyl (C=O) groups is 1. The van der Waals surface area contributed by atoms with Gasteiger partial charge in [0.05, 0.1) is 13.1 Å². The number of rotatable bonds is 3. The maximum Gasteiger partial charge on any atom is 0.387 e. The molecule has 1 fully saturated rings. The molecule has 8 nitrogen and oxygen atoms in total. The molecule has 1 unspecified atom stereocenters. The van der Waals surface area contributed by atoms with Gasteiger partial charge < -0.3 is 16.0 Å². The van der Waals surface area contributed by atoms with Crippen molar-refractivity contribution in [2.75, 3.05) is 20.1 Å². The minimum absolute atomic E-state index is 0.0969. The van der Waals surface area contributed by atoms with Gasteiger partial charge in [-0.25, -0.2) is 0 Å². The number of nitrogens with one attached hydrogen (secondary N) is 2. The topological polar surface area (TPSA) is 116 Å². The minimum Gasteiger partial charge on any atom is -0.365 e. The van der Waals surface area contributed by atoms with E-state index in [0.717, 1.165) is 29.6 Å². The maximum absolute atomic E-state index is 12.5. The van der Waals surface area contributed by atoms with Crippen molar-refractivity contribution in [3.63, 3.8) is 0 Å². The van der Waals surface area contributed by atoms with Crippen molar-refractivity contribution in [3.05, 3.63) is 36.0 Å². The zero-order chi connectivity index (χ0) is 21.1. The molecule has 0 saturated carbocycles. The maximum atomic E-state index is 12.5. The molecule has 3 atom stereocenters. The first kappa shape index (κ1) is 20.9. The third kappa shape index (κ3) is 4.76. The number of likely N-dealkylation sites (N-methyl/N-ethyl adjacent to an activating group) is 1. The third-order valence-corrected chi connectivity index (χ3v) is 5.73. The number of benzene rings is 1. The smallest absolute Gasteiger partial charge is 0.365 e. The summed E-state index contributed by atoms with van der Waals surface area (Å²) in [4.78, 5) is 22.2. The number of hydrogen-bond donors (Lipinski definition) is 4. The average molecular weight is 399 g/mol. The van der Waals surface area contributed by atoms with Crippen LogP contribution in [0, 0.1) is 0 Å². The lowest BCUT2D eigenvalue weighted by atomic mass is 10.1. The number of nitrogens with two attached hydrogens (primary N) is 2. The first-order valence-electron chi connectivity index (χ1n) is 10.1. The van der Waals surface area contributed by atoms with E-state index in [2.05, 4.69) is 47.2 Å². The van der Waals surface area contributed by atoms with Crippen molar-refractivity contribution in [1.29, 1.82) is 0 Å². The molecule has 156 valence electrons. The number of aromatic nitrogens is 1. The number of nitrogens with zero attached hydrogens (tertiary/aromatic N) is 3. The van der Waals surface area contributed by atoms with E-state index in [0.29, 0.717) is 18.5 Å². The Bertz CT molecular complexity index is 931. The molecule has 2 heterocycles. The fraction of sp³-hybridized carbons (Fsp3) is 0.476. The van der Waals surface area contributed by atoms with E-state index in [9.17, 15) is 4.79 Å². The highest BCUT2D eigenvalue weighted by Gasteiger charge is 2.28. The summed E-state index contributed by atoms with van der Waals surface area (Å²) < 4.78 is 1.98. The highest BCUT2D eigenvalue weighted by atomic mass is 16.2. The van der Waals surface area contributed by atoms with Crippen LogP contribution in [0.5, 0.6) is 0 Å². The van der Waals surface area contributed by atoms with Crippen molar-refractivity contribution < 1.29 is 9.37 Å². The lowest BCUT2D eigenvalue weighted by molar-refractivity contribution is -0.554. The standard InChI is InChI=1S/C21H31N7O/c1-13(9-16-10-24-18-8-6-5-7-17(16)18)25-20(29)19(22)26-21(23)28-11-14(2)27(4)15(3)12-28/h5-8,10,13-15,24H,9,11-12H2,1-4H3,(H4,22,23,25,26,29)/p+1/t13?,14-,15+. The number of guanidine groups is 1. The molecule has 0 bridgehead atoms. The molecule has 1 aromatic carbocycles. The summed E-state index contributed by atoms with van der Waals surface area (Å²) in [5.41, 5.74) is 14.3. The van der Waals surface area contributed by atoms with Gasteiger partial charge in [0.2, 0.25) is 0 Å². The molecule has 3 rings (SSSR count). The number of aromatic amines is 1. The number of piperazine rings is 1. The van der Waals surface area contributed by atoms with E-state index in [1.54, 1.807) is 0 Å². The van der Waals surface area contributed by atoms with E-state index < -0.39 is 5.91 Å². The van der Waals surface area contributed by atoms with E-state index in [1.807, 2.05) is 35.9 Å². The van der Waals surface area contributed by atoms with Crippen molar-refractivity contribution in [2.24, 2.45) is 16.5 Å². The Kier molecular flexibility index (Phi) is 6.22. The number of aliphatic imine (C=N–C) groups is 1. The molecule has 1 aliphatic rings. The zero-order valence-electron chi connectivity index (χ0n) is 17.6. The summed E-state index contributed by atoms with van der Waals surface area (Å²) >= 11 is 0. The summed E-state index contributed by atoms with van der Waals surface area (Å²) in [5.74, 6) is -0.239. The van der Waals surface area contributed by atoms with Crippen molar-refractivity contribution in [3.8, 4) is 0 Å². The predicted molar refractivity (Wildman–Crippen MR) is 117 cm³/mol. The van der Waals surface area contributed by atoms with Gasteiger partial charge in [-0.05, 0) is 50.9 Å². The molecule has 0 spiro atoms. The number of fused-ring (bicyclic) bond motifs is 1. The molecule has 1 aromatic heterocycles. The van der Waals surface area contributed by atoms with E-state index >= 15 is 0 Å². The largest absolute Gasteiger partial charge is 0.387 e. The van der Waals surface area contributed by atoms with Crippen molar-refractivity contribution in [1.82, 2.24) is 15.2 Å². The molecule has 8 heteroatoms. The molecule has 29 heavy (non-hydrogen) atoms. The highest BCUT2D eigenvalue weighted by molar-refractivity contribution is 6.38. The van der Waals surface area contributed by atoms with Gasteiger partial charge in [-0.1, -0.05) is 18.2 Å². The molecule has 2 aromatic rings. The van der Waals surface area contributed by atoms with Crippen molar-refractivity contribution >= 4 is 28.6 Å². The third-order valence-electron chi connectivity index (χ3n) is 5.73. The number of hydrogen-bond acceptors (Lipinski definition) is 2. The van der Waals surface area contributed by atoms with Crippen LogP contribution in [0.4, 0.5) is 0 Å². The quantitative estimate of drug-likeness (QED) is 0.345. The monoisotopic (exact) mass is 398 g/mol. The highest BCUT2D eigenvalue weighted by Crippen LogP contribution is 2.19. The molecular formula is C21H32N7O+. The molecule has 0 radical (unpaired) electrons. The Morgan fingerprint density at radius 3 is 2.66 bits per heavy atom. The Hall–Kier alpha value is -2.87. The molecule has 1 amide bonds. The summed E-state index contributed by atoms with van der Waals surface area (Å²) in [6.45, 7) is 7.73. The second-order valence-electron chi connectivity index (χ2n) is 8.06. The second-order valence-corrected chi connectivity index (χ2v) is 8.06. The van der Waals surface area contributed by atoms with E-state index in [4.69, 9.17) is 11.5 Å². The Morgan fingerprint density at radius 1 is 1.31 bits per heavy atom. The summed E-state index contributed by atoms with van der Waals surface area (Å²) in [6.07, 6.45) is 2.67. The zero-order valence-corrected chi connectivity index (χ0v) is 17.6. The van der Waals surface area contributed by atoms with Gasteiger partial charge in [-0.15, -0.1) is 0 Å². The average Bonchev–Trinajstić information content (AvgIpc) is 3.08. The van der Waals surface area contributed by atoms with Crippen LogP contribution >= 0.6 is 0 Å². The van der Waals surface area contributed by atoms with E-state index in [-0.39, 0.29) is 17.8 Å². The van der Waals surface area contributed by atoms with E-state index in [1.165, 1.54) is 0 Å². The fourth-order valence-electron chi connectivity index (χ4n) is 3.82. The van der Waals surface area contributed by atoms with Crippen LogP contribution in [-0.4, -0.2) is 70.4 Å². The summed E-state index contributed by atoms with van der Waals surface area (Å²) in [7, 11) is 2.10. The van der Waals surface area contributed by atoms with Crippen LogP contribution in [0.15, 0.2) is 35.5 Å². The Morgan fingerprint density at radius 2 is 1.97 bits per heavy atom. The number of amides is 1. The molecule has 6 N–H and O–H groups in total. The number of carbonyl (C=O) groups excluding carboxylic acids is 1.